The molecule has 168 valence electrons. The molecule has 2 amide bonds. The fraction of sp³-hybridized carbons (Fsp3) is 0.435. The lowest BCUT2D eigenvalue weighted by atomic mass is 9.90. The second kappa shape index (κ2) is 8.84. The minimum Gasteiger partial charge on any atom is -0.351 e. The number of carbonyl (C=O) groups is 2. The summed E-state index contributed by atoms with van der Waals surface area (Å²) in [4.78, 5) is 36.3. The van der Waals surface area contributed by atoms with Crippen LogP contribution in [-0.4, -0.2) is 47.5 Å². The van der Waals surface area contributed by atoms with Crippen molar-refractivity contribution >= 4 is 45.7 Å². The number of nitrogens with one attached hydrogen (secondary N) is 4. The van der Waals surface area contributed by atoms with Gasteiger partial charge < -0.3 is 20.5 Å². The molecule has 5 rings (SSSR count). The molecule has 0 radical (unpaired) electrons. The van der Waals surface area contributed by atoms with Crippen LogP contribution in [0.25, 0.3) is 10.9 Å². The summed E-state index contributed by atoms with van der Waals surface area (Å²) in [6.45, 7) is 1.98. The minimum atomic E-state index is -0.167. The highest BCUT2D eigenvalue weighted by Crippen LogP contribution is 2.24. The van der Waals surface area contributed by atoms with Crippen LogP contribution in [-0.2, 0) is 13.0 Å². The number of likely N-dealkylation sites (N-methyl/N-ethyl adjacent to an activating group) is 1. The standard InChI is InChI=1S/C23H26ClN5O2S/c1-29-9-8-18-20(12-29)32-23(28-18)22(31)27-17-5-3-2-4-16(17)26-21(30)19-11-13-10-14(24)6-7-15(13)25-19/h6-7,10-11,16-17,25H,2-5,8-9,12H2,1H3,(H,26,30)(H,27,31)/p+1/t16-,17+/m0/s1. The zero-order valence-electron chi connectivity index (χ0n) is 18.0. The lowest BCUT2D eigenvalue weighted by molar-refractivity contribution is -0.895. The molecule has 1 fully saturated rings. The van der Waals surface area contributed by atoms with Crippen molar-refractivity contribution in [1.29, 1.82) is 0 Å². The van der Waals surface area contributed by atoms with Gasteiger partial charge in [0.15, 0.2) is 5.01 Å². The molecular formula is C23H27ClN5O2S+. The van der Waals surface area contributed by atoms with Gasteiger partial charge in [-0.1, -0.05) is 24.4 Å². The summed E-state index contributed by atoms with van der Waals surface area (Å²) in [5.41, 5.74) is 2.43. The van der Waals surface area contributed by atoms with Crippen molar-refractivity contribution in [1.82, 2.24) is 20.6 Å². The van der Waals surface area contributed by atoms with Crippen LogP contribution < -0.4 is 15.5 Å². The predicted molar refractivity (Wildman–Crippen MR) is 126 cm³/mol. The van der Waals surface area contributed by atoms with Crippen molar-refractivity contribution in [3.63, 3.8) is 0 Å². The number of hydrogen-bond acceptors (Lipinski definition) is 4. The van der Waals surface area contributed by atoms with Crippen LogP contribution in [0.15, 0.2) is 24.3 Å². The van der Waals surface area contributed by atoms with Gasteiger partial charge in [0.05, 0.1) is 24.2 Å². The summed E-state index contributed by atoms with van der Waals surface area (Å²) in [6, 6.07) is 7.09. The van der Waals surface area contributed by atoms with E-state index in [4.69, 9.17) is 11.6 Å². The summed E-state index contributed by atoms with van der Waals surface area (Å²) in [5.74, 6) is -0.298. The van der Waals surface area contributed by atoms with Gasteiger partial charge in [-0.25, -0.2) is 4.98 Å². The zero-order valence-corrected chi connectivity index (χ0v) is 19.5. The van der Waals surface area contributed by atoms with Crippen molar-refractivity contribution in [2.75, 3.05) is 13.6 Å². The molecule has 1 aromatic carbocycles. The Balaban J connectivity index is 1.27. The molecule has 0 saturated heterocycles. The van der Waals surface area contributed by atoms with Crippen LogP contribution in [0.3, 0.4) is 0 Å². The van der Waals surface area contributed by atoms with E-state index < -0.39 is 0 Å². The van der Waals surface area contributed by atoms with E-state index in [2.05, 4.69) is 27.6 Å². The highest BCUT2D eigenvalue weighted by molar-refractivity contribution is 7.13. The quantitative estimate of drug-likeness (QED) is 0.469. The van der Waals surface area contributed by atoms with Crippen molar-refractivity contribution in [3.05, 3.63) is 50.6 Å². The molecule has 32 heavy (non-hydrogen) atoms. The summed E-state index contributed by atoms with van der Waals surface area (Å²) in [7, 11) is 2.17. The number of hydrogen-bond donors (Lipinski definition) is 4. The Morgan fingerprint density at radius 1 is 1.16 bits per heavy atom. The number of nitrogens with zero attached hydrogens (tertiary/aromatic N) is 1. The number of halogens is 1. The molecule has 9 heteroatoms. The van der Waals surface area contributed by atoms with Gasteiger partial charge in [0, 0.05) is 34.4 Å². The maximum Gasteiger partial charge on any atom is 0.280 e. The lowest BCUT2D eigenvalue weighted by Crippen LogP contribution is -3.08. The van der Waals surface area contributed by atoms with Crippen LogP contribution in [0, 0.1) is 0 Å². The Kier molecular flexibility index (Phi) is 5.92. The van der Waals surface area contributed by atoms with E-state index >= 15 is 0 Å². The molecule has 3 heterocycles. The van der Waals surface area contributed by atoms with Gasteiger partial charge in [0.2, 0.25) is 0 Å². The Morgan fingerprint density at radius 3 is 2.69 bits per heavy atom. The molecule has 2 aromatic heterocycles. The van der Waals surface area contributed by atoms with Gasteiger partial charge >= 0.3 is 0 Å². The third-order valence-electron chi connectivity index (χ3n) is 6.45. The first-order valence-electron chi connectivity index (χ1n) is 11.2. The van der Waals surface area contributed by atoms with Gasteiger partial charge in [-0.05, 0) is 37.1 Å². The Hall–Kier alpha value is -2.42. The summed E-state index contributed by atoms with van der Waals surface area (Å²) >= 11 is 7.57. The largest absolute Gasteiger partial charge is 0.351 e. The van der Waals surface area contributed by atoms with Gasteiger partial charge in [-0.15, -0.1) is 11.3 Å². The average molecular weight is 473 g/mol. The first-order valence-corrected chi connectivity index (χ1v) is 12.4. The Morgan fingerprint density at radius 2 is 1.91 bits per heavy atom. The number of aromatic nitrogens is 2. The van der Waals surface area contributed by atoms with Crippen LogP contribution in [0.4, 0.5) is 0 Å². The lowest BCUT2D eigenvalue weighted by Gasteiger charge is -2.32. The molecule has 7 nitrogen and oxygen atoms in total. The molecule has 1 aliphatic carbocycles. The molecule has 2 aliphatic rings. The minimum absolute atomic E-state index is 0.103. The fourth-order valence-electron chi connectivity index (χ4n) is 4.69. The fourth-order valence-corrected chi connectivity index (χ4v) is 5.99. The number of rotatable bonds is 4. The van der Waals surface area contributed by atoms with E-state index in [0.29, 0.717) is 15.7 Å². The first-order chi connectivity index (χ1) is 15.5. The number of H-pyrrole nitrogens is 1. The van der Waals surface area contributed by atoms with E-state index in [9.17, 15) is 9.59 Å². The highest BCUT2D eigenvalue weighted by Gasteiger charge is 2.30. The third-order valence-corrected chi connectivity index (χ3v) is 7.78. The Bertz CT molecular complexity index is 1170. The molecular weight excluding hydrogens is 446 g/mol. The summed E-state index contributed by atoms with van der Waals surface area (Å²) < 4.78 is 0. The molecule has 0 spiro atoms. The number of quaternary nitrogens is 1. The summed E-state index contributed by atoms with van der Waals surface area (Å²) in [5, 5.41) is 8.36. The van der Waals surface area contributed by atoms with Gasteiger partial charge in [-0.3, -0.25) is 9.59 Å². The van der Waals surface area contributed by atoms with Gasteiger partial charge in [0.1, 0.15) is 12.2 Å². The van der Waals surface area contributed by atoms with Crippen molar-refractivity contribution in [2.24, 2.45) is 0 Å². The van der Waals surface area contributed by atoms with Crippen LogP contribution in [0.1, 0.15) is 56.5 Å². The SMILES string of the molecule is C[NH+]1CCc2nc(C(=O)N[C@@H]3CCCC[C@@H]3NC(=O)c3cc4cc(Cl)ccc4[nH]3)sc2C1. The van der Waals surface area contributed by atoms with Gasteiger partial charge in [0.25, 0.3) is 11.8 Å². The topological polar surface area (TPSA) is 91.3 Å². The van der Waals surface area contributed by atoms with E-state index in [1.165, 1.54) is 21.1 Å². The molecule has 3 atom stereocenters. The maximum absolute atomic E-state index is 13.0. The molecule has 1 aliphatic heterocycles. The normalized spacial score (nSPS) is 23.0. The van der Waals surface area contributed by atoms with E-state index in [-0.39, 0.29) is 23.9 Å². The third kappa shape index (κ3) is 4.40. The number of thiazole rings is 1. The second-order valence-corrected chi connectivity index (χ2v) is 10.4. The number of amides is 2. The number of aromatic amines is 1. The average Bonchev–Trinajstić information content (AvgIpc) is 3.38. The predicted octanol–water partition coefficient (Wildman–Crippen LogP) is 2.32. The monoisotopic (exact) mass is 472 g/mol. The first kappa shape index (κ1) is 21.4. The van der Waals surface area contributed by atoms with Gasteiger partial charge in [-0.2, -0.15) is 0 Å². The van der Waals surface area contributed by atoms with E-state index in [0.717, 1.165) is 61.8 Å². The maximum atomic E-state index is 13.0. The molecule has 0 bridgehead atoms. The van der Waals surface area contributed by atoms with Crippen molar-refractivity contribution < 1.29 is 14.5 Å². The smallest absolute Gasteiger partial charge is 0.280 e. The number of carbonyl (C=O) groups excluding carboxylic acids is 2. The van der Waals surface area contributed by atoms with Crippen LogP contribution >= 0.6 is 22.9 Å². The second-order valence-electron chi connectivity index (χ2n) is 8.88. The highest BCUT2D eigenvalue weighted by atomic mass is 35.5. The molecule has 1 unspecified atom stereocenters. The molecule has 3 aromatic rings. The summed E-state index contributed by atoms with van der Waals surface area (Å²) in [6.07, 6.45) is 4.66. The van der Waals surface area contributed by atoms with Crippen LogP contribution in [0.5, 0.6) is 0 Å². The van der Waals surface area contributed by atoms with E-state index in [1.54, 1.807) is 6.07 Å². The van der Waals surface area contributed by atoms with Crippen LogP contribution in [0.2, 0.25) is 5.02 Å². The molecule has 1 saturated carbocycles. The number of benzene rings is 1. The molecule has 4 N–H and O–H groups in total. The van der Waals surface area contributed by atoms with Crippen molar-refractivity contribution in [2.45, 2.75) is 50.7 Å². The number of fused-ring (bicyclic) bond motifs is 2. The zero-order chi connectivity index (χ0) is 22.2. The van der Waals surface area contributed by atoms with Crippen molar-refractivity contribution in [3.8, 4) is 0 Å². The van der Waals surface area contributed by atoms with E-state index in [1.807, 2.05) is 18.2 Å². The Labute approximate surface area is 195 Å².